The van der Waals surface area contributed by atoms with Gasteiger partial charge in [0.05, 0.1) is 5.60 Å². The lowest BCUT2D eigenvalue weighted by molar-refractivity contribution is -0.139. The Hall–Kier alpha value is -0.370. The molecular formula is C8H14O2. The van der Waals surface area contributed by atoms with Crippen LogP contribution in [0.5, 0.6) is 0 Å². The number of rotatable bonds is 1. The summed E-state index contributed by atoms with van der Waals surface area (Å²) in [6, 6.07) is 0. The SMILES string of the molecule is CC1(C)CCCC(C=O)O1. The Bertz CT molecular complexity index is 129. The van der Waals surface area contributed by atoms with E-state index in [-0.39, 0.29) is 11.7 Å². The zero-order chi connectivity index (χ0) is 7.61. The quantitative estimate of drug-likeness (QED) is 0.519. The smallest absolute Gasteiger partial charge is 0.148 e. The highest BCUT2D eigenvalue weighted by Gasteiger charge is 2.27. The lowest BCUT2D eigenvalue weighted by Gasteiger charge is -2.33. The van der Waals surface area contributed by atoms with Gasteiger partial charge < -0.3 is 9.53 Å². The second-order valence-corrected chi connectivity index (χ2v) is 3.44. The van der Waals surface area contributed by atoms with Crippen LogP contribution < -0.4 is 0 Å². The molecule has 0 saturated carbocycles. The molecular weight excluding hydrogens is 128 g/mol. The summed E-state index contributed by atoms with van der Waals surface area (Å²) in [4.78, 5) is 10.3. The molecule has 1 unspecified atom stereocenters. The van der Waals surface area contributed by atoms with E-state index in [9.17, 15) is 4.79 Å². The molecule has 1 fully saturated rings. The largest absolute Gasteiger partial charge is 0.365 e. The highest BCUT2D eigenvalue weighted by atomic mass is 16.5. The normalized spacial score (nSPS) is 31.6. The van der Waals surface area contributed by atoms with Crippen molar-refractivity contribution in [2.45, 2.75) is 44.8 Å². The van der Waals surface area contributed by atoms with E-state index in [1.807, 2.05) is 13.8 Å². The molecule has 1 rings (SSSR count). The number of hydrogen-bond donors (Lipinski definition) is 0. The lowest BCUT2D eigenvalue weighted by Crippen LogP contribution is -2.35. The van der Waals surface area contributed by atoms with Crippen LogP contribution in [0.4, 0.5) is 0 Å². The van der Waals surface area contributed by atoms with Crippen molar-refractivity contribution >= 4 is 6.29 Å². The first-order valence-electron chi connectivity index (χ1n) is 3.77. The average Bonchev–Trinajstić information content (AvgIpc) is 1.86. The maximum atomic E-state index is 10.3. The zero-order valence-electron chi connectivity index (χ0n) is 6.59. The standard InChI is InChI=1S/C8H14O2/c1-8(2)5-3-4-7(6-9)10-8/h6-7H,3-5H2,1-2H3. The van der Waals surface area contributed by atoms with Crippen LogP contribution in [0.2, 0.25) is 0 Å². The van der Waals surface area contributed by atoms with E-state index >= 15 is 0 Å². The summed E-state index contributed by atoms with van der Waals surface area (Å²) in [5, 5.41) is 0. The molecule has 0 radical (unpaired) electrons. The molecule has 0 bridgehead atoms. The maximum Gasteiger partial charge on any atom is 0.148 e. The molecule has 0 spiro atoms. The van der Waals surface area contributed by atoms with Gasteiger partial charge in [-0.3, -0.25) is 0 Å². The topological polar surface area (TPSA) is 26.3 Å². The van der Waals surface area contributed by atoms with E-state index in [0.29, 0.717) is 0 Å². The summed E-state index contributed by atoms with van der Waals surface area (Å²) in [5.41, 5.74) is -0.0795. The molecule has 0 N–H and O–H groups in total. The van der Waals surface area contributed by atoms with Crippen LogP contribution in [0.3, 0.4) is 0 Å². The minimum absolute atomic E-state index is 0.0795. The van der Waals surface area contributed by atoms with Gasteiger partial charge in [0, 0.05) is 0 Å². The Morgan fingerprint density at radius 3 is 2.70 bits per heavy atom. The third kappa shape index (κ3) is 1.81. The number of carbonyl (C=O) groups is 1. The minimum Gasteiger partial charge on any atom is -0.365 e. The second-order valence-electron chi connectivity index (χ2n) is 3.44. The van der Waals surface area contributed by atoms with Crippen molar-refractivity contribution in [3.63, 3.8) is 0 Å². The highest BCUT2D eigenvalue weighted by Crippen LogP contribution is 2.26. The van der Waals surface area contributed by atoms with Crippen molar-refractivity contribution < 1.29 is 9.53 Å². The molecule has 1 heterocycles. The summed E-state index contributed by atoms with van der Waals surface area (Å²) in [7, 11) is 0. The Kier molecular flexibility index (Phi) is 2.09. The van der Waals surface area contributed by atoms with Gasteiger partial charge in [0.15, 0.2) is 0 Å². The monoisotopic (exact) mass is 142 g/mol. The van der Waals surface area contributed by atoms with Gasteiger partial charge in [-0.15, -0.1) is 0 Å². The molecule has 2 heteroatoms. The van der Waals surface area contributed by atoms with Gasteiger partial charge in [0.25, 0.3) is 0 Å². The van der Waals surface area contributed by atoms with E-state index in [4.69, 9.17) is 4.74 Å². The van der Waals surface area contributed by atoms with Crippen LogP contribution in [0.1, 0.15) is 33.1 Å². The lowest BCUT2D eigenvalue weighted by atomic mass is 9.96. The molecule has 0 aromatic carbocycles. The molecule has 1 atom stereocenters. The van der Waals surface area contributed by atoms with Crippen LogP contribution in [-0.4, -0.2) is 18.0 Å². The van der Waals surface area contributed by atoms with Crippen molar-refractivity contribution in [3.8, 4) is 0 Å². The summed E-state index contributed by atoms with van der Waals surface area (Å²) < 4.78 is 5.45. The molecule has 0 aliphatic carbocycles. The summed E-state index contributed by atoms with van der Waals surface area (Å²) in [6.45, 7) is 4.06. The van der Waals surface area contributed by atoms with Gasteiger partial charge in [0.1, 0.15) is 12.4 Å². The van der Waals surface area contributed by atoms with Gasteiger partial charge in [-0.25, -0.2) is 0 Å². The van der Waals surface area contributed by atoms with Crippen LogP contribution in [0, 0.1) is 0 Å². The van der Waals surface area contributed by atoms with E-state index in [1.54, 1.807) is 0 Å². The molecule has 58 valence electrons. The van der Waals surface area contributed by atoms with Gasteiger partial charge in [-0.2, -0.15) is 0 Å². The Labute approximate surface area is 61.6 Å². The van der Waals surface area contributed by atoms with Crippen molar-refractivity contribution in [1.29, 1.82) is 0 Å². The average molecular weight is 142 g/mol. The fraction of sp³-hybridized carbons (Fsp3) is 0.875. The van der Waals surface area contributed by atoms with E-state index in [0.717, 1.165) is 25.5 Å². The number of carbonyl (C=O) groups excluding carboxylic acids is 1. The van der Waals surface area contributed by atoms with E-state index < -0.39 is 0 Å². The third-order valence-electron chi connectivity index (χ3n) is 1.89. The first-order chi connectivity index (χ1) is 4.64. The summed E-state index contributed by atoms with van der Waals surface area (Å²) >= 11 is 0. The van der Waals surface area contributed by atoms with Crippen molar-refractivity contribution in [2.24, 2.45) is 0 Å². The van der Waals surface area contributed by atoms with Crippen LogP contribution in [0.25, 0.3) is 0 Å². The fourth-order valence-electron chi connectivity index (χ4n) is 1.35. The number of ether oxygens (including phenoxy) is 1. The molecule has 1 saturated heterocycles. The minimum atomic E-state index is -0.149. The summed E-state index contributed by atoms with van der Waals surface area (Å²) in [5.74, 6) is 0. The number of aldehydes is 1. The Morgan fingerprint density at radius 1 is 1.60 bits per heavy atom. The predicted octanol–water partition coefficient (Wildman–Crippen LogP) is 1.53. The van der Waals surface area contributed by atoms with Crippen LogP contribution >= 0.6 is 0 Å². The van der Waals surface area contributed by atoms with E-state index in [1.165, 1.54) is 0 Å². The van der Waals surface area contributed by atoms with Crippen molar-refractivity contribution in [1.82, 2.24) is 0 Å². The highest BCUT2D eigenvalue weighted by molar-refractivity contribution is 5.56. The number of hydrogen-bond acceptors (Lipinski definition) is 2. The molecule has 0 aromatic rings. The van der Waals surface area contributed by atoms with Crippen LogP contribution in [0.15, 0.2) is 0 Å². The maximum absolute atomic E-state index is 10.3. The summed E-state index contributed by atoms with van der Waals surface area (Å²) in [6.07, 6.45) is 3.82. The van der Waals surface area contributed by atoms with Crippen LogP contribution in [-0.2, 0) is 9.53 Å². The predicted molar refractivity (Wildman–Crippen MR) is 38.9 cm³/mol. The van der Waals surface area contributed by atoms with Crippen molar-refractivity contribution in [2.75, 3.05) is 0 Å². The molecule has 10 heavy (non-hydrogen) atoms. The Morgan fingerprint density at radius 2 is 2.30 bits per heavy atom. The van der Waals surface area contributed by atoms with E-state index in [2.05, 4.69) is 0 Å². The van der Waals surface area contributed by atoms with Crippen molar-refractivity contribution in [3.05, 3.63) is 0 Å². The Balaban J connectivity index is 2.47. The third-order valence-corrected chi connectivity index (χ3v) is 1.89. The molecule has 1 aliphatic rings. The molecule has 0 amide bonds. The zero-order valence-corrected chi connectivity index (χ0v) is 6.59. The second kappa shape index (κ2) is 2.70. The first kappa shape index (κ1) is 7.73. The molecule has 2 nitrogen and oxygen atoms in total. The van der Waals surface area contributed by atoms with Gasteiger partial charge in [0.2, 0.25) is 0 Å². The van der Waals surface area contributed by atoms with Gasteiger partial charge in [-0.1, -0.05) is 0 Å². The molecule has 0 aromatic heterocycles. The van der Waals surface area contributed by atoms with Gasteiger partial charge in [-0.05, 0) is 33.1 Å². The first-order valence-corrected chi connectivity index (χ1v) is 3.77. The fourth-order valence-corrected chi connectivity index (χ4v) is 1.35. The van der Waals surface area contributed by atoms with Gasteiger partial charge >= 0.3 is 0 Å². The molecule has 1 aliphatic heterocycles.